The third-order valence-electron chi connectivity index (χ3n) is 4.25. The number of carbonyl (C=O) groups is 2. The van der Waals surface area contributed by atoms with Crippen LogP contribution in [0.4, 0.5) is 4.79 Å². The predicted molar refractivity (Wildman–Crippen MR) is 102 cm³/mol. The summed E-state index contributed by atoms with van der Waals surface area (Å²) in [5.41, 5.74) is 0. The SMILES string of the molecule is C=CCCOC(=O)N(C)C(C)C(=O)OCCCCCCCCCCC. The fourth-order valence-corrected chi connectivity index (χ4v) is 2.35. The highest BCUT2D eigenvalue weighted by Crippen LogP contribution is 2.10. The lowest BCUT2D eigenvalue weighted by Gasteiger charge is -2.22. The van der Waals surface area contributed by atoms with Gasteiger partial charge in [-0.2, -0.15) is 0 Å². The van der Waals surface area contributed by atoms with Crippen molar-refractivity contribution in [2.75, 3.05) is 20.3 Å². The Morgan fingerprint density at radius 3 is 2.08 bits per heavy atom. The molecule has 0 saturated carbocycles. The highest BCUT2D eigenvalue weighted by atomic mass is 16.6. The van der Waals surface area contributed by atoms with E-state index < -0.39 is 12.1 Å². The average Bonchev–Trinajstić information content (AvgIpc) is 2.61. The molecule has 25 heavy (non-hydrogen) atoms. The van der Waals surface area contributed by atoms with Crippen molar-refractivity contribution < 1.29 is 19.1 Å². The van der Waals surface area contributed by atoms with Crippen molar-refractivity contribution in [3.63, 3.8) is 0 Å². The predicted octanol–water partition coefficient (Wildman–Crippen LogP) is 5.09. The van der Waals surface area contributed by atoms with Crippen LogP contribution >= 0.6 is 0 Å². The molecule has 5 nitrogen and oxygen atoms in total. The minimum Gasteiger partial charge on any atom is -0.464 e. The Morgan fingerprint density at radius 1 is 0.960 bits per heavy atom. The summed E-state index contributed by atoms with van der Waals surface area (Å²) in [5.74, 6) is -0.386. The molecule has 146 valence electrons. The van der Waals surface area contributed by atoms with E-state index in [0.29, 0.717) is 13.0 Å². The van der Waals surface area contributed by atoms with Crippen LogP contribution in [-0.4, -0.2) is 43.3 Å². The number of hydrogen-bond donors (Lipinski definition) is 0. The Hall–Kier alpha value is -1.52. The Bertz CT molecular complexity index is 371. The zero-order valence-corrected chi connectivity index (χ0v) is 16.4. The minimum atomic E-state index is -0.644. The quantitative estimate of drug-likeness (QED) is 0.233. The molecule has 0 aliphatic rings. The molecule has 0 aromatic heterocycles. The van der Waals surface area contributed by atoms with E-state index >= 15 is 0 Å². The van der Waals surface area contributed by atoms with Gasteiger partial charge in [0.25, 0.3) is 0 Å². The molecule has 0 fully saturated rings. The number of hydrogen-bond acceptors (Lipinski definition) is 4. The molecule has 0 rings (SSSR count). The van der Waals surface area contributed by atoms with Gasteiger partial charge in [0.1, 0.15) is 6.04 Å². The van der Waals surface area contributed by atoms with Crippen molar-refractivity contribution in [3.05, 3.63) is 12.7 Å². The fourth-order valence-electron chi connectivity index (χ4n) is 2.35. The summed E-state index contributed by atoms with van der Waals surface area (Å²) in [7, 11) is 1.54. The van der Waals surface area contributed by atoms with Crippen LogP contribution in [0.5, 0.6) is 0 Å². The van der Waals surface area contributed by atoms with E-state index in [2.05, 4.69) is 13.5 Å². The summed E-state index contributed by atoms with van der Waals surface area (Å²) < 4.78 is 10.3. The molecule has 0 heterocycles. The number of unbranched alkanes of at least 4 members (excludes halogenated alkanes) is 8. The van der Waals surface area contributed by atoms with E-state index in [1.54, 1.807) is 20.0 Å². The highest BCUT2D eigenvalue weighted by Gasteiger charge is 2.24. The molecule has 5 heteroatoms. The van der Waals surface area contributed by atoms with Crippen LogP contribution in [0.1, 0.15) is 78.1 Å². The van der Waals surface area contributed by atoms with Gasteiger partial charge in [0.15, 0.2) is 0 Å². The van der Waals surface area contributed by atoms with Crippen molar-refractivity contribution in [2.45, 2.75) is 84.1 Å². The number of esters is 1. The summed E-state index contributed by atoms with van der Waals surface area (Å²) in [4.78, 5) is 25.0. The van der Waals surface area contributed by atoms with E-state index in [1.807, 2.05) is 0 Å². The van der Waals surface area contributed by atoms with Crippen LogP contribution in [0, 0.1) is 0 Å². The maximum absolute atomic E-state index is 12.0. The Balaban J connectivity index is 3.69. The van der Waals surface area contributed by atoms with Gasteiger partial charge >= 0.3 is 12.1 Å². The second kappa shape index (κ2) is 16.0. The van der Waals surface area contributed by atoms with E-state index in [9.17, 15) is 9.59 Å². The van der Waals surface area contributed by atoms with Gasteiger partial charge < -0.3 is 9.47 Å². The molecule has 0 saturated heterocycles. The summed E-state index contributed by atoms with van der Waals surface area (Å²) in [6.07, 6.45) is 12.7. The molecule has 1 unspecified atom stereocenters. The van der Waals surface area contributed by atoms with Gasteiger partial charge in [0, 0.05) is 7.05 Å². The number of ether oxygens (including phenoxy) is 2. The van der Waals surface area contributed by atoms with Gasteiger partial charge in [-0.1, -0.05) is 64.4 Å². The van der Waals surface area contributed by atoms with Crippen molar-refractivity contribution in [1.82, 2.24) is 4.90 Å². The summed E-state index contributed by atoms with van der Waals surface area (Å²) in [6, 6.07) is -0.644. The fraction of sp³-hybridized carbons (Fsp3) is 0.800. The van der Waals surface area contributed by atoms with Gasteiger partial charge in [-0.15, -0.1) is 6.58 Å². The molecular formula is C20H37NO4. The first kappa shape index (κ1) is 23.5. The highest BCUT2D eigenvalue weighted by molar-refractivity contribution is 5.80. The Labute approximate surface area is 153 Å². The Morgan fingerprint density at radius 2 is 1.52 bits per heavy atom. The van der Waals surface area contributed by atoms with E-state index in [4.69, 9.17) is 9.47 Å². The second-order valence-electron chi connectivity index (χ2n) is 6.47. The van der Waals surface area contributed by atoms with E-state index in [1.165, 1.54) is 49.8 Å². The molecule has 1 amide bonds. The largest absolute Gasteiger partial charge is 0.464 e. The molecule has 0 aliphatic carbocycles. The molecule has 0 aliphatic heterocycles. The Kier molecular flexibility index (Phi) is 15.0. The van der Waals surface area contributed by atoms with Gasteiger partial charge in [-0.3, -0.25) is 4.90 Å². The molecule has 0 spiro atoms. The van der Waals surface area contributed by atoms with Gasteiger partial charge in [-0.25, -0.2) is 9.59 Å². The van der Waals surface area contributed by atoms with Crippen LogP contribution in [0.25, 0.3) is 0 Å². The van der Waals surface area contributed by atoms with Crippen molar-refractivity contribution in [2.24, 2.45) is 0 Å². The lowest BCUT2D eigenvalue weighted by atomic mass is 10.1. The molecule has 0 bridgehead atoms. The summed E-state index contributed by atoms with van der Waals surface area (Å²) in [5, 5.41) is 0. The molecule has 0 N–H and O–H groups in total. The number of likely N-dealkylation sites (N-methyl/N-ethyl adjacent to an activating group) is 1. The van der Waals surface area contributed by atoms with E-state index in [-0.39, 0.29) is 12.6 Å². The van der Waals surface area contributed by atoms with Gasteiger partial charge in [0.2, 0.25) is 0 Å². The van der Waals surface area contributed by atoms with Crippen LogP contribution in [-0.2, 0) is 14.3 Å². The van der Waals surface area contributed by atoms with E-state index in [0.717, 1.165) is 12.8 Å². The maximum Gasteiger partial charge on any atom is 0.410 e. The maximum atomic E-state index is 12.0. The number of carbonyl (C=O) groups excluding carboxylic acids is 2. The monoisotopic (exact) mass is 355 g/mol. The lowest BCUT2D eigenvalue weighted by Crippen LogP contribution is -2.41. The van der Waals surface area contributed by atoms with Crippen LogP contribution in [0.3, 0.4) is 0 Å². The zero-order valence-electron chi connectivity index (χ0n) is 16.4. The number of rotatable bonds is 15. The first-order valence-corrected chi connectivity index (χ1v) is 9.71. The standard InChI is InChI=1S/C20H37NO4/c1-5-7-9-10-11-12-13-14-15-17-24-19(22)18(3)21(4)20(23)25-16-8-6-2/h6,18H,2,5,7-17H2,1,3-4H3. The minimum absolute atomic E-state index is 0.271. The zero-order chi connectivity index (χ0) is 18.9. The van der Waals surface area contributed by atoms with Crippen molar-refractivity contribution >= 4 is 12.1 Å². The lowest BCUT2D eigenvalue weighted by molar-refractivity contribution is -0.148. The third-order valence-corrected chi connectivity index (χ3v) is 4.25. The number of nitrogens with zero attached hydrogens (tertiary/aromatic N) is 1. The van der Waals surface area contributed by atoms with Crippen LogP contribution in [0.2, 0.25) is 0 Å². The average molecular weight is 356 g/mol. The molecule has 0 aromatic carbocycles. The second-order valence-corrected chi connectivity index (χ2v) is 6.47. The molecular weight excluding hydrogens is 318 g/mol. The van der Waals surface area contributed by atoms with Crippen LogP contribution in [0.15, 0.2) is 12.7 Å². The van der Waals surface area contributed by atoms with Crippen molar-refractivity contribution in [3.8, 4) is 0 Å². The van der Waals surface area contributed by atoms with Gasteiger partial charge in [0.05, 0.1) is 13.2 Å². The van der Waals surface area contributed by atoms with Crippen molar-refractivity contribution in [1.29, 1.82) is 0 Å². The third kappa shape index (κ3) is 12.5. The van der Waals surface area contributed by atoms with Crippen LogP contribution < -0.4 is 0 Å². The summed E-state index contributed by atoms with van der Waals surface area (Å²) >= 11 is 0. The topological polar surface area (TPSA) is 55.8 Å². The first-order valence-electron chi connectivity index (χ1n) is 9.71. The molecule has 0 radical (unpaired) electrons. The number of amides is 1. The van der Waals surface area contributed by atoms with Gasteiger partial charge in [-0.05, 0) is 19.8 Å². The molecule has 1 atom stereocenters. The normalized spacial score (nSPS) is 11.6. The first-order chi connectivity index (χ1) is 12.0. The smallest absolute Gasteiger partial charge is 0.410 e. The molecule has 0 aromatic rings. The summed E-state index contributed by atoms with van der Waals surface area (Å²) in [6.45, 7) is 8.12.